The van der Waals surface area contributed by atoms with Gasteiger partial charge in [0.15, 0.2) is 5.52 Å². The molecule has 0 amide bonds. The van der Waals surface area contributed by atoms with Crippen LogP contribution in [0.5, 0.6) is 0 Å². The molecule has 9 heteroatoms. The Morgan fingerprint density at radius 3 is 2.67 bits per heavy atom. The molecule has 1 aromatic heterocycles. The lowest BCUT2D eigenvalue weighted by atomic mass is 10.2. The number of rotatable bonds is 5. The molecule has 1 heterocycles. The molecule has 122 valence electrons. The van der Waals surface area contributed by atoms with Crippen molar-refractivity contribution in [1.29, 1.82) is 0 Å². The monoisotopic (exact) mass is 328 g/mol. The first-order valence-electron chi connectivity index (χ1n) is 7.04. The largest absolute Gasteiger partial charge is 0.462 e. The Hall–Kier alpha value is -3.49. The number of nitrogens with zero attached hydrogens (tertiary/aromatic N) is 3. The summed E-state index contributed by atoms with van der Waals surface area (Å²) in [6, 6.07) is 9.13. The van der Waals surface area contributed by atoms with Crippen molar-refractivity contribution >= 4 is 34.1 Å². The van der Waals surface area contributed by atoms with Gasteiger partial charge in [0.1, 0.15) is 11.2 Å². The first-order chi connectivity index (χ1) is 11.6. The predicted octanol–water partition coefficient (Wildman–Crippen LogP) is 3.05. The van der Waals surface area contributed by atoms with Crippen molar-refractivity contribution in [2.75, 3.05) is 11.9 Å². The van der Waals surface area contributed by atoms with Gasteiger partial charge < -0.3 is 10.1 Å². The highest BCUT2D eigenvalue weighted by molar-refractivity contribution is 5.95. The second kappa shape index (κ2) is 6.32. The maximum atomic E-state index is 11.6. The fourth-order valence-corrected chi connectivity index (χ4v) is 2.16. The lowest BCUT2D eigenvalue weighted by Gasteiger charge is -2.08. The molecule has 0 spiro atoms. The molecule has 0 unspecified atom stereocenters. The molecule has 0 aliphatic rings. The van der Waals surface area contributed by atoms with E-state index in [0.717, 1.165) is 0 Å². The van der Waals surface area contributed by atoms with Gasteiger partial charge in [-0.15, -0.1) is 0 Å². The molecule has 2 aromatic carbocycles. The third-order valence-electron chi connectivity index (χ3n) is 3.27. The van der Waals surface area contributed by atoms with Gasteiger partial charge in [-0.05, 0) is 47.6 Å². The molecule has 0 saturated carbocycles. The van der Waals surface area contributed by atoms with Crippen molar-refractivity contribution < 1.29 is 19.1 Å². The molecule has 1 N–H and O–H groups in total. The molecule has 0 radical (unpaired) electrons. The average Bonchev–Trinajstić information content (AvgIpc) is 3.05. The Morgan fingerprint density at radius 2 is 2.00 bits per heavy atom. The first kappa shape index (κ1) is 15.4. The quantitative estimate of drug-likeness (QED) is 0.431. The summed E-state index contributed by atoms with van der Waals surface area (Å²) in [7, 11) is 0. The molecule has 0 fully saturated rings. The molecule has 0 saturated heterocycles. The van der Waals surface area contributed by atoms with E-state index in [9.17, 15) is 14.9 Å². The van der Waals surface area contributed by atoms with Crippen LogP contribution < -0.4 is 5.32 Å². The highest BCUT2D eigenvalue weighted by Gasteiger charge is 2.20. The number of nitro groups is 1. The van der Waals surface area contributed by atoms with Gasteiger partial charge in [0.05, 0.1) is 17.1 Å². The number of carbonyl (C=O) groups is 1. The zero-order valence-corrected chi connectivity index (χ0v) is 12.6. The highest BCUT2D eigenvalue weighted by atomic mass is 16.6. The minimum atomic E-state index is -0.524. The number of hydrogen-bond donors (Lipinski definition) is 1. The first-order valence-corrected chi connectivity index (χ1v) is 7.04. The number of nitro benzene ring substituents is 1. The molecule has 3 rings (SSSR count). The second-order valence-corrected chi connectivity index (χ2v) is 4.77. The van der Waals surface area contributed by atoms with Gasteiger partial charge in [-0.1, -0.05) is 0 Å². The van der Waals surface area contributed by atoms with Gasteiger partial charge in [0, 0.05) is 11.8 Å². The third-order valence-corrected chi connectivity index (χ3v) is 3.27. The van der Waals surface area contributed by atoms with Gasteiger partial charge in [-0.3, -0.25) is 10.1 Å². The molecule has 24 heavy (non-hydrogen) atoms. The zero-order valence-electron chi connectivity index (χ0n) is 12.6. The fraction of sp³-hybridized carbons (Fsp3) is 0.133. The Kier molecular flexibility index (Phi) is 4.06. The van der Waals surface area contributed by atoms with Crippen molar-refractivity contribution in [3.63, 3.8) is 0 Å². The standard InChI is InChI=1S/C15H12N4O5/c1-2-23-15(20)9-3-5-10(6-4-9)16-14-12(19(21)22)8-7-11-13(14)18-24-17-11/h3-8,16H,2H2,1H3. The summed E-state index contributed by atoms with van der Waals surface area (Å²) < 4.78 is 9.54. The van der Waals surface area contributed by atoms with Crippen LogP contribution in [-0.2, 0) is 4.74 Å². The van der Waals surface area contributed by atoms with Crippen molar-refractivity contribution in [3.05, 3.63) is 52.1 Å². The summed E-state index contributed by atoms with van der Waals surface area (Å²) >= 11 is 0. The summed E-state index contributed by atoms with van der Waals surface area (Å²) in [5.41, 5.74) is 1.58. The average molecular weight is 328 g/mol. The summed E-state index contributed by atoms with van der Waals surface area (Å²) in [6.45, 7) is 2.01. The van der Waals surface area contributed by atoms with Crippen LogP contribution in [0.3, 0.4) is 0 Å². The second-order valence-electron chi connectivity index (χ2n) is 4.77. The van der Waals surface area contributed by atoms with E-state index in [2.05, 4.69) is 20.3 Å². The maximum absolute atomic E-state index is 11.6. The fourth-order valence-electron chi connectivity index (χ4n) is 2.16. The number of benzene rings is 2. The van der Waals surface area contributed by atoms with E-state index in [1.807, 2.05) is 0 Å². The van der Waals surface area contributed by atoms with E-state index >= 15 is 0 Å². The Balaban J connectivity index is 1.95. The molecule has 3 aromatic rings. The normalized spacial score (nSPS) is 10.5. The number of fused-ring (bicyclic) bond motifs is 1. The van der Waals surface area contributed by atoms with Crippen LogP contribution in [0.2, 0.25) is 0 Å². The molecular weight excluding hydrogens is 316 g/mol. The van der Waals surface area contributed by atoms with Crippen LogP contribution >= 0.6 is 0 Å². The van der Waals surface area contributed by atoms with E-state index < -0.39 is 10.9 Å². The smallest absolute Gasteiger partial charge is 0.338 e. The summed E-state index contributed by atoms with van der Waals surface area (Å²) in [4.78, 5) is 22.3. The van der Waals surface area contributed by atoms with Crippen LogP contribution in [0.15, 0.2) is 41.0 Å². The minimum absolute atomic E-state index is 0.160. The van der Waals surface area contributed by atoms with Crippen molar-refractivity contribution in [2.45, 2.75) is 6.92 Å². The minimum Gasteiger partial charge on any atom is -0.462 e. The van der Waals surface area contributed by atoms with Crippen molar-refractivity contribution in [3.8, 4) is 0 Å². The van der Waals surface area contributed by atoms with Gasteiger partial charge in [-0.2, -0.15) is 0 Å². The summed E-state index contributed by atoms with van der Waals surface area (Å²) in [5, 5.41) is 21.5. The SMILES string of the molecule is CCOC(=O)c1ccc(Nc2c([N+](=O)[O-])ccc3nonc23)cc1. The molecule has 0 aliphatic heterocycles. The van der Waals surface area contributed by atoms with Crippen LogP contribution in [0.25, 0.3) is 11.0 Å². The van der Waals surface area contributed by atoms with Crippen molar-refractivity contribution in [2.24, 2.45) is 0 Å². The number of carbonyl (C=O) groups excluding carboxylic acids is 1. The molecule has 9 nitrogen and oxygen atoms in total. The number of ether oxygens (including phenoxy) is 1. The van der Waals surface area contributed by atoms with E-state index in [1.54, 1.807) is 31.2 Å². The van der Waals surface area contributed by atoms with Gasteiger partial charge >= 0.3 is 5.97 Å². The Labute approximate surface area is 135 Å². The summed E-state index contributed by atoms with van der Waals surface area (Å²) in [6.07, 6.45) is 0. The lowest BCUT2D eigenvalue weighted by Crippen LogP contribution is -2.04. The third kappa shape index (κ3) is 2.86. The molecule has 0 aliphatic carbocycles. The Morgan fingerprint density at radius 1 is 1.25 bits per heavy atom. The highest BCUT2D eigenvalue weighted by Crippen LogP contribution is 2.33. The van der Waals surface area contributed by atoms with Crippen LogP contribution in [0.4, 0.5) is 17.1 Å². The summed E-state index contributed by atoms with van der Waals surface area (Å²) in [5.74, 6) is -0.433. The van der Waals surface area contributed by atoms with Gasteiger partial charge in [-0.25, -0.2) is 9.42 Å². The predicted molar refractivity (Wildman–Crippen MR) is 84.1 cm³/mol. The Bertz CT molecular complexity index is 904. The molecule has 0 bridgehead atoms. The number of hydrogen-bond acceptors (Lipinski definition) is 8. The van der Waals surface area contributed by atoms with E-state index in [-0.39, 0.29) is 23.5 Å². The number of esters is 1. The van der Waals surface area contributed by atoms with Crippen molar-refractivity contribution in [1.82, 2.24) is 10.3 Å². The maximum Gasteiger partial charge on any atom is 0.338 e. The van der Waals surface area contributed by atoms with E-state index in [4.69, 9.17) is 4.74 Å². The van der Waals surface area contributed by atoms with Crippen LogP contribution in [0.1, 0.15) is 17.3 Å². The topological polar surface area (TPSA) is 120 Å². The van der Waals surface area contributed by atoms with Crippen LogP contribution in [0, 0.1) is 10.1 Å². The van der Waals surface area contributed by atoms with Gasteiger partial charge in [0.2, 0.25) is 0 Å². The van der Waals surface area contributed by atoms with E-state index in [0.29, 0.717) is 16.8 Å². The lowest BCUT2D eigenvalue weighted by molar-refractivity contribution is -0.383. The zero-order chi connectivity index (χ0) is 17.1. The van der Waals surface area contributed by atoms with Gasteiger partial charge in [0.25, 0.3) is 5.69 Å². The number of aromatic nitrogens is 2. The number of nitrogens with one attached hydrogen (secondary N) is 1. The molecular formula is C15H12N4O5. The molecule has 0 atom stereocenters. The number of anilines is 2. The van der Waals surface area contributed by atoms with E-state index in [1.165, 1.54) is 12.1 Å². The van der Waals surface area contributed by atoms with Crippen LogP contribution in [-0.4, -0.2) is 27.8 Å².